The molecule has 11 heteroatoms. The van der Waals surface area contributed by atoms with Crippen molar-refractivity contribution in [2.24, 2.45) is 0 Å². The maximum absolute atomic E-state index is 13.9. The predicted molar refractivity (Wildman–Crippen MR) is 170 cm³/mol. The molecule has 1 amide bonds. The third-order valence-corrected chi connectivity index (χ3v) is 8.21. The van der Waals surface area contributed by atoms with Crippen LogP contribution in [0.15, 0.2) is 79.0 Å². The summed E-state index contributed by atoms with van der Waals surface area (Å²) in [4.78, 5) is 31.6. The molecule has 230 valence electrons. The van der Waals surface area contributed by atoms with Crippen LogP contribution in [0, 0.1) is 0 Å². The van der Waals surface area contributed by atoms with E-state index in [2.05, 4.69) is 0 Å². The summed E-state index contributed by atoms with van der Waals surface area (Å²) >= 11 is 12.6. The number of hydrogen-bond donors (Lipinski definition) is 0. The molecule has 9 nitrogen and oxygen atoms in total. The number of carbonyl (C=O) groups is 2. The molecule has 0 aliphatic carbocycles. The Balaban J connectivity index is 1.35. The van der Waals surface area contributed by atoms with Crippen LogP contribution in [0.1, 0.15) is 38.9 Å². The highest BCUT2D eigenvalue weighted by Gasteiger charge is 2.36. The van der Waals surface area contributed by atoms with E-state index in [0.29, 0.717) is 59.3 Å². The molecule has 0 radical (unpaired) electrons. The number of imidazole rings is 1. The van der Waals surface area contributed by atoms with Gasteiger partial charge in [-0.05, 0) is 59.7 Å². The van der Waals surface area contributed by atoms with Crippen LogP contribution in [0.3, 0.4) is 0 Å². The molecule has 1 aliphatic heterocycles. The summed E-state index contributed by atoms with van der Waals surface area (Å²) in [6.45, 7) is 0.447. The third-order valence-electron chi connectivity index (χ3n) is 7.68. The predicted octanol–water partition coefficient (Wildman–Crippen LogP) is 6.60. The van der Waals surface area contributed by atoms with E-state index in [1.807, 2.05) is 53.1 Å². The van der Waals surface area contributed by atoms with Gasteiger partial charge in [0.1, 0.15) is 30.0 Å². The number of ether oxygens (including phenoxy) is 4. The molecule has 0 fully saturated rings. The fraction of sp³-hybridized carbons (Fsp3) is 0.206. The number of fused-ring (bicyclic) bond motifs is 3. The molecular formula is C34H29Cl2N3O6. The minimum atomic E-state index is -0.525. The molecule has 2 aromatic heterocycles. The molecule has 0 spiro atoms. The van der Waals surface area contributed by atoms with E-state index in [1.165, 1.54) is 6.07 Å². The van der Waals surface area contributed by atoms with Gasteiger partial charge in [-0.3, -0.25) is 9.59 Å². The van der Waals surface area contributed by atoms with Crippen molar-refractivity contribution in [3.8, 4) is 23.0 Å². The summed E-state index contributed by atoms with van der Waals surface area (Å²) in [6.07, 6.45) is 3.10. The number of aldehydes is 1. The quantitative estimate of drug-likeness (QED) is 0.158. The van der Waals surface area contributed by atoms with Gasteiger partial charge in [0.25, 0.3) is 5.91 Å². The average molecular weight is 647 g/mol. The lowest BCUT2D eigenvalue weighted by Gasteiger charge is -2.36. The Morgan fingerprint density at radius 2 is 1.73 bits per heavy atom. The molecule has 0 bridgehead atoms. The van der Waals surface area contributed by atoms with Crippen LogP contribution in [0.2, 0.25) is 10.0 Å². The molecule has 6 rings (SSSR count). The van der Waals surface area contributed by atoms with Crippen molar-refractivity contribution in [1.29, 1.82) is 0 Å². The van der Waals surface area contributed by atoms with E-state index in [0.717, 1.165) is 28.3 Å². The zero-order chi connectivity index (χ0) is 31.5. The van der Waals surface area contributed by atoms with Gasteiger partial charge >= 0.3 is 0 Å². The van der Waals surface area contributed by atoms with Gasteiger partial charge in [0.15, 0.2) is 18.1 Å². The second-order valence-electron chi connectivity index (χ2n) is 10.4. The van der Waals surface area contributed by atoms with Crippen molar-refractivity contribution in [2.45, 2.75) is 19.1 Å². The summed E-state index contributed by atoms with van der Waals surface area (Å²) in [5.41, 5.74) is 4.59. The second kappa shape index (κ2) is 13.1. The molecule has 1 unspecified atom stereocenters. The van der Waals surface area contributed by atoms with Crippen molar-refractivity contribution in [3.63, 3.8) is 0 Å². The van der Waals surface area contributed by atoms with Crippen molar-refractivity contribution in [2.75, 3.05) is 27.4 Å². The summed E-state index contributed by atoms with van der Waals surface area (Å²) in [5, 5.41) is 0.816. The molecular weight excluding hydrogens is 617 g/mol. The van der Waals surface area contributed by atoms with Crippen LogP contribution in [-0.4, -0.2) is 53.8 Å². The average Bonchev–Trinajstić information content (AvgIpc) is 3.43. The minimum absolute atomic E-state index is 0.248. The lowest BCUT2D eigenvalue weighted by Crippen LogP contribution is -2.43. The molecule has 0 saturated carbocycles. The standard InChI is InChI=1S/C34H29Cl2N3O6/c1-42-25-7-3-21(4-8-25)19-44-30-16-23(6-10-29(30)43-2)33-34-27(37-31-17-24(35)11-13-38(31)34)12-14-39(33)32(41)20-45-28-9-5-22(18-40)15-26(28)36/h3-11,13,15-18,33H,12,14,19-20H2,1-2H3. The van der Waals surface area contributed by atoms with Crippen molar-refractivity contribution in [1.82, 2.24) is 14.3 Å². The molecule has 1 aliphatic rings. The normalized spacial score (nSPS) is 14.1. The van der Waals surface area contributed by atoms with Gasteiger partial charge in [-0.2, -0.15) is 0 Å². The molecule has 0 N–H and O–H groups in total. The molecule has 1 atom stereocenters. The number of nitrogens with zero attached hydrogens (tertiary/aromatic N) is 3. The molecule has 3 heterocycles. The lowest BCUT2D eigenvalue weighted by molar-refractivity contribution is -0.135. The van der Waals surface area contributed by atoms with Gasteiger partial charge < -0.3 is 28.2 Å². The third kappa shape index (κ3) is 6.27. The largest absolute Gasteiger partial charge is 0.497 e. The van der Waals surface area contributed by atoms with Crippen LogP contribution in [0.5, 0.6) is 23.0 Å². The highest BCUT2D eigenvalue weighted by atomic mass is 35.5. The van der Waals surface area contributed by atoms with E-state index >= 15 is 0 Å². The van der Waals surface area contributed by atoms with Crippen molar-refractivity contribution < 1.29 is 28.5 Å². The fourth-order valence-corrected chi connectivity index (χ4v) is 5.86. The number of methoxy groups -OCH3 is 2. The first-order valence-electron chi connectivity index (χ1n) is 14.2. The molecule has 45 heavy (non-hydrogen) atoms. The summed E-state index contributed by atoms with van der Waals surface area (Å²) in [5.74, 6) is 1.91. The Morgan fingerprint density at radius 1 is 0.933 bits per heavy atom. The molecule has 3 aromatic carbocycles. The van der Waals surface area contributed by atoms with E-state index in [-0.39, 0.29) is 17.5 Å². The van der Waals surface area contributed by atoms with Gasteiger partial charge in [0, 0.05) is 35.8 Å². The van der Waals surface area contributed by atoms with E-state index in [4.69, 9.17) is 47.1 Å². The summed E-state index contributed by atoms with van der Waals surface area (Å²) in [6, 6.07) is 21.0. The van der Waals surface area contributed by atoms with Gasteiger partial charge in [0.2, 0.25) is 0 Å². The smallest absolute Gasteiger partial charge is 0.261 e. The zero-order valence-corrected chi connectivity index (χ0v) is 26.0. The van der Waals surface area contributed by atoms with Crippen LogP contribution in [0.4, 0.5) is 0 Å². The Morgan fingerprint density at radius 3 is 2.47 bits per heavy atom. The first-order chi connectivity index (χ1) is 21.9. The van der Waals surface area contributed by atoms with Crippen molar-refractivity contribution in [3.05, 3.63) is 117 Å². The Labute approximate surface area is 269 Å². The van der Waals surface area contributed by atoms with Gasteiger partial charge in [0.05, 0.1) is 36.7 Å². The number of carbonyl (C=O) groups excluding carboxylic acids is 2. The van der Waals surface area contributed by atoms with Crippen LogP contribution in [0.25, 0.3) is 5.65 Å². The monoisotopic (exact) mass is 645 g/mol. The number of benzene rings is 3. The Bertz CT molecular complexity index is 1870. The summed E-state index contributed by atoms with van der Waals surface area (Å²) in [7, 11) is 3.21. The Kier molecular flexibility index (Phi) is 8.82. The van der Waals surface area contributed by atoms with Gasteiger partial charge in [-0.1, -0.05) is 41.4 Å². The van der Waals surface area contributed by atoms with Gasteiger partial charge in [-0.15, -0.1) is 0 Å². The van der Waals surface area contributed by atoms with Crippen molar-refractivity contribution >= 4 is 41.0 Å². The zero-order valence-electron chi connectivity index (χ0n) is 24.5. The van der Waals surface area contributed by atoms with E-state index in [9.17, 15) is 9.59 Å². The number of aromatic nitrogens is 2. The number of rotatable bonds is 10. The van der Waals surface area contributed by atoms with Crippen LogP contribution < -0.4 is 18.9 Å². The Hall–Kier alpha value is -4.73. The minimum Gasteiger partial charge on any atom is -0.497 e. The van der Waals surface area contributed by atoms with Crippen LogP contribution in [-0.2, 0) is 17.8 Å². The maximum Gasteiger partial charge on any atom is 0.261 e. The fourth-order valence-electron chi connectivity index (χ4n) is 5.46. The molecule has 0 saturated heterocycles. The number of pyridine rings is 1. The summed E-state index contributed by atoms with van der Waals surface area (Å²) < 4.78 is 24.9. The highest BCUT2D eigenvalue weighted by Crippen LogP contribution is 2.40. The SMILES string of the molecule is COc1ccc(COc2cc(C3c4c(nc5cc(Cl)ccn45)CCN3C(=O)COc3ccc(C=O)cc3Cl)ccc2OC)cc1. The van der Waals surface area contributed by atoms with E-state index < -0.39 is 6.04 Å². The van der Waals surface area contributed by atoms with Gasteiger partial charge in [-0.25, -0.2) is 4.98 Å². The van der Waals surface area contributed by atoms with E-state index in [1.54, 1.807) is 43.4 Å². The number of amides is 1. The highest BCUT2D eigenvalue weighted by molar-refractivity contribution is 6.32. The van der Waals surface area contributed by atoms with Crippen LogP contribution >= 0.6 is 23.2 Å². The first-order valence-corrected chi connectivity index (χ1v) is 14.9. The first kappa shape index (κ1) is 30.3. The molecule has 5 aromatic rings. The topological polar surface area (TPSA) is 91.6 Å². The lowest BCUT2D eigenvalue weighted by atomic mass is 9.95. The number of halogens is 2. The number of hydrogen-bond acceptors (Lipinski definition) is 7. The second-order valence-corrected chi connectivity index (χ2v) is 11.2. The maximum atomic E-state index is 13.9.